The van der Waals surface area contributed by atoms with Crippen LogP contribution in [-0.4, -0.2) is 70.1 Å². The maximum atomic E-state index is 6.33. The summed E-state index contributed by atoms with van der Waals surface area (Å²) < 4.78 is 18.9. The summed E-state index contributed by atoms with van der Waals surface area (Å²) in [5.74, 6) is 2.41. The van der Waals surface area contributed by atoms with Crippen LogP contribution in [0.25, 0.3) is 5.65 Å². The van der Waals surface area contributed by atoms with E-state index in [4.69, 9.17) is 19.2 Å². The van der Waals surface area contributed by atoms with E-state index in [2.05, 4.69) is 25.3 Å². The summed E-state index contributed by atoms with van der Waals surface area (Å²) in [7, 11) is 1.66. The second-order valence-electron chi connectivity index (χ2n) is 7.82. The molecule has 0 spiro atoms. The summed E-state index contributed by atoms with van der Waals surface area (Å²) >= 11 is 0. The van der Waals surface area contributed by atoms with Crippen LogP contribution in [0.2, 0.25) is 0 Å². The number of pyridine rings is 1. The first kappa shape index (κ1) is 19.8. The summed E-state index contributed by atoms with van der Waals surface area (Å²) in [6.07, 6.45) is 7.20. The first-order valence-electron chi connectivity index (χ1n) is 10.8. The van der Waals surface area contributed by atoms with Crippen LogP contribution in [-0.2, 0) is 4.74 Å². The highest BCUT2D eigenvalue weighted by atomic mass is 16.5. The van der Waals surface area contributed by atoms with Crippen LogP contribution in [0.5, 0.6) is 11.8 Å². The second-order valence-corrected chi connectivity index (χ2v) is 7.82. The van der Waals surface area contributed by atoms with Crippen molar-refractivity contribution in [1.29, 1.82) is 0 Å². The lowest BCUT2D eigenvalue weighted by molar-refractivity contribution is 0.121. The lowest BCUT2D eigenvalue weighted by Crippen LogP contribution is -2.37. The summed E-state index contributed by atoms with van der Waals surface area (Å²) in [5.41, 5.74) is 0.740. The normalized spacial score (nSPS) is 21.8. The highest BCUT2D eigenvalue weighted by molar-refractivity contribution is 5.52. The third-order valence-electron chi connectivity index (χ3n) is 5.84. The lowest BCUT2D eigenvalue weighted by Gasteiger charge is -2.30. The van der Waals surface area contributed by atoms with Gasteiger partial charge in [-0.3, -0.25) is 0 Å². The molecule has 1 aliphatic heterocycles. The smallest absolute Gasteiger partial charge is 0.321 e. The molecule has 0 atom stereocenters. The van der Waals surface area contributed by atoms with E-state index >= 15 is 0 Å². The van der Waals surface area contributed by atoms with E-state index in [1.807, 2.05) is 18.2 Å². The van der Waals surface area contributed by atoms with Crippen molar-refractivity contribution in [2.45, 2.75) is 37.8 Å². The standard InChI is InChI=1S/C21H27N7O3/c1-29-17-3-2-8-22-20(17)25-15-4-6-16(7-5-15)31-21-26-19(27-9-11-30-12-10-27)13-18-23-14-24-28(18)21/h2-3,8,13-16H,4-7,9-12H2,1H3,(H,22,25). The molecule has 10 nitrogen and oxygen atoms in total. The van der Waals surface area contributed by atoms with Gasteiger partial charge in [0, 0.05) is 31.4 Å². The van der Waals surface area contributed by atoms with Gasteiger partial charge in [0.15, 0.2) is 17.2 Å². The number of nitrogens with one attached hydrogen (secondary N) is 1. The van der Waals surface area contributed by atoms with Crippen LogP contribution in [0.15, 0.2) is 30.7 Å². The molecule has 0 radical (unpaired) electrons. The summed E-state index contributed by atoms with van der Waals surface area (Å²) in [5, 5.41) is 7.81. The molecule has 0 unspecified atom stereocenters. The number of morpholine rings is 1. The molecule has 1 N–H and O–H groups in total. The van der Waals surface area contributed by atoms with E-state index < -0.39 is 0 Å². The Hall–Kier alpha value is -3.14. The fourth-order valence-electron chi connectivity index (χ4n) is 4.15. The largest absolute Gasteiger partial charge is 0.493 e. The molecule has 10 heteroatoms. The van der Waals surface area contributed by atoms with Gasteiger partial charge in [0.25, 0.3) is 0 Å². The molecule has 2 aliphatic rings. The van der Waals surface area contributed by atoms with Crippen LogP contribution in [0, 0.1) is 0 Å². The third-order valence-corrected chi connectivity index (χ3v) is 5.84. The first-order chi connectivity index (χ1) is 15.3. The molecule has 1 saturated heterocycles. The third kappa shape index (κ3) is 4.34. The highest BCUT2D eigenvalue weighted by Gasteiger charge is 2.25. The SMILES string of the molecule is COc1cccnc1NC1CCC(Oc2nc(N3CCOCC3)cc3ncnn23)CC1. The van der Waals surface area contributed by atoms with Gasteiger partial charge in [-0.15, -0.1) is 0 Å². The monoisotopic (exact) mass is 425 g/mol. The number of aromatic nitrogens is 5. The molecule has 1 saturated carbocycles. The number of hydrogen-bond acceptors (Lipinski definition) is 9. The second kappa shape index (κ2) is 8.93. The molecule has 0 aromatic carbocycles. The van der Waals surface area contributed by atoms with Crippen molar-refractivity contribution in [3.63, 3.8) is 0 Å². The zero-order valence-electron chi connectivity index (χ0n) is 17.6. The number of nitrogens with zero attached hydrogens (tertiary/aromatic N) is 6. The van der Waals surface area contributed by atoms with Crippen molar-refractivity contribution < 1.29 is 14.2 Å². The Labute approximate surface area is 180 Å². The topological polar surface area (TPSA) is 98.9 Å². The van der Waals surface area contributed by atoms with E-state index in [1.54, 1.807) is 17.8 Å². The molecule has 164 valence electrons. The van der Waals surface area contributed by atoms with Gasteiger partial charge in [0.1, 0.15) is 18.2 Å². The van der Waals surface area contributed by atoms with Crippen LogP contribution in [0.1, 0.15) is 25.7 Å². The fourth-order valence-corrected chi connectivity index (χ4v) is 4.15. The molecular formula is C21H27N7O3. The molecule has 1 aliphatic carbocycles. The lowest BCUT2D eigenvalue weighted by atomic mass is 9.93. The number of methoxy groups -OCH3 is 1. The van der Waals surface area contributed by atoms with Gasteiger partial charge in [0.05, 0.1) is 20.3 Å². The maximum Gasteiger partial charge on any atom is 0.321 e. The Bertz CT molecular complexity index is 1010. The zero-order chi connectivity index (χ0) is 21.0. The van der Waals surface area contributed by atoms with E-state index in [0.717, 1.165) is 61.8 Å². The Balaban J connectivity index is 1.25. The predicted molar refractivity (Wildman–Crippen MR) is 115 cm³/mol. The molecule has 2 fully saturated rings. The summed E-state index contributed by atoms with van der Waals surface area (Å²) in [6.45, 7) is 3.02. The number of anilines is 2. The quantitative estimate of drug-likeness (QED) is 0.637. The molecule has 3 aromatic rings. The molecule has 4 heterocycles. The van der Waals surface area contributed by atoms with Gasteiger partial charge in [-0.2, -0.15) is 14.6 Å². The minimum atomic E-state index is 0.0866. The zero-order valence-corrected chi connectivity index (χ0v) is 17.6. The van der Waals surface area contributed by atoms with Crippen molar-refractivity contribution in [3.8, 4) is 11.8 Å². The number of hydrogen-bond donors (Lipinski definition) is 1. The Morgan fingerprint density at radius 1 is 1.13 bits per heavy atom. The van der Waals surface area contributed by atoms with Crippen LogP contribution in [0.3, 0.4) is 0 Å². The van der Waals surface area contributed by atoms with Crippen LogP contribution in [0.4, 0.5) is 11.6 Å². The summed E-state index contributed by atoms with van der Waals surface area (Å²) in [6, 6.07) is 6.58. The van der Waals surface area contributed by atoms with E-state index in [1.165, 1.54) is 6.33 Å². The molecule has 0 bridgehead atoms. The Morgan fingerprint density at radius 2 is 1.97 bits per heavy atom. The molecule has 0 amide bonds. The Kier molecular flexibility index (Phi) is 5.70. The van der Waals surface area contributed by atoms with Crippen molar-refractivity contribution in [2.24, 2.45) is 0 Å². The van der Waals surface area contributed by atoms with Gasteiger partial charge in [-0.25, -0.2) is 9.97 Å². The fraction of sp³-hybridized carbons (Fsp3) is 0.524. The number of rotatable bonds is 6. The molecule has 5 rings (SSSR count). The van der Waals surface area contributed by atoms with E-state index in [0.29, 0.717) is 25.3 Å². The first-order valence-corrected chi connectivity index (χ1v) is 10.8. The van der Waals surface area contributed by atoms with Crippen molar-refractivity contribution >= 4 is 17.3 Å². The van der Waals surface area contributed by atoms with Gasteiger partial charge < -0.3 is 24.4 Å². The molecular weight excluding hydrogens is 398 g/mol. The minimum Gasteiger partial charge on any atom is -0.493 e. The van der Waals surface area contributed by atoms with Gasteiger partial charge in [0.2, 0.25) is 0 Å². The van der Waals surface area contributed by atoms with Crippen LogP contribution < -0.4 is 19.7 Å². The van der Waals surface area contributed by atoms with Crippen LogP contribution >= 0.6 is 0 Å². The van der Waals surface area contributed by atoms with Crippen molar-refractivity contribution in [1.82, 2.24) is 24.6 Å². The van der Waals surface area contributed by atoms with E-state index in [9.17, 15) is 0 Å². The summed E-state index contributed by atoms with van der Waals surface area (Å²) in [4.78, 5) is 15.7. The molecule has 31 heavy (non-hydrogen) atoms. The molecule has 3 aromatic heterocycles. The average molecular weight is 425 g/mol. The minimum absolute atomic E-state index is 0.0866. The number of ether oxygens (including phenoxy) is 3. The van der Waals surface area contributed by atoms with Crippen molar-refractivity contribution in [3.05, 3.63) is 30.7 Å². The van der Waals surface area contributed by atoms with Crippen molar-refractivity contribution in [2.75, 3.05) is 43.6 Å². The predicted octanol–water partition coefficient (Wildman–Crippen LogP) is 2.17. The average Bonchev–Trinajstić information content (AvgIpc) is 3.30. The van der Waals surface area contributed by atoms with Gasteiger partial charge >= 0.3 is 6.01 Å². The Morgan fingerprint density at radius 3 is 2.77 bits per heavy atom. The maximum absolute atomic E-state index is 6.33. The highest BCUT2D eigenvalue weighted by Crippen LogP contribution is 2.29. The van der Waals surface area contributed by atoms with Gasteiger partial charge in [-0.05, 0) is 37.8 Å². The number of fused-ring (bicyclic) bond motifs is 1. The van der Waals surface area contributed by atoms with Gasteiger partial charge in [-0.1, -0.05) is 0 Å². The van der Waals surface area contributed by atoms with E-state index in [-0.39, 0.29) is 6.10 Å².